The van der Waals surface area contributed by atoms with Crippen LogP contribution in [0, 0.1) is 5.92 Å². The Morgan fingerprint density at radius 1 is 1.31 bits per heavy atom. The lowest BCUT2D eigenvalue weighted by Crippen LogP contribution is -2.50. The predicted molar refractivity (Wildman–Crippen MR) is 149 cm³/mol. The van der Waals surface area contributed by atoms with Gasteiger partial charge in [-0.3, -0.25) is 9.69 Å². The zero-order valence-corrected chi connectivity index (χ0v) is 23.5. The van der Waals surface area contributed by atoms with E-state index in [0.717, 1.165) is 48.1 Å². The van der Waals surface area contributed by atoms with Gasteiger partial charge in [-0.15, -0.1) is 11.3 Å². The molecule has 3 aliphatic heterocycles. The summed E-state index contributed by atoms with van der Waals surface area (Å²) in [5.41, 5.74) is 4.34. The van der Waals surface area contributed by atoms with Crippen molar-refractivity contribution in [3.8, 4) is 0 Å². The van der Waals surface area contributed by atoms with Crippen LogP contribution >= 0.6 is 11.3 Å². The number of aromatic nitrogens is 1. The molecule has 1 aromatic carbocycles. The van der Waals surface area contributed by atoms with Crippen molar-refractivity contribution in [2.45, 2.75) is 77.2 Å². The number of methoxy groups -OCH3 is 1. The Labute approximate surface area is 233 Å². The third kappa shape index (κ3) is 5.80. The van der Waals surface area contributed by atoms with Crippen LogP contribution < -0.4 is 5.32 Å². The van der Waals surface area contributed by atoms with E-state index in [1.54, 1.807) is 4.90 Å². The van der Waals surface area contributed by atoms with Crippen molar-refractivity contribution in [3.63, 3.8) is 0 Å². The minimum absolute atomic E-state index is 0.00922. The molecule has 4 heterocycles. The summed E-state index contributed by atoms with van der Waals surface area (Å²) in [7, 11) is 1.31. The number of amides is 2. The summed E-state index contributed by atoms with van der Waals surface area (Å²) in [5, 5.41) is 6.08. The average molecular weight is 553 g/mol. The van der Waals surface area contributed by atoms with Gasteiger partial charge in [-0.25, -0.2) is 14.6 Å². The first-order valence-corrected chi connectivity index (χ1v) is 14.6. The molecule has 1 N–H and O–H groups in total. The van der Waals surface area contributed by atoms with E-state index < -0.39 is 30.3 Å². The highest BCUT2D eigenvalue weighted by atomic mass is 32.1. The lowest BCUT2D eigenvalue weighted by Gasteiger charge is -2.30. The van der Waals surface area contributed by atoms with Crippen molar-refractivity contribution in [3.05, 3.63) is 52.0 Å². The maximum atomic E-state index is 13.9. The molecule has 1 saturated heterocycles. The number of aryl methyl sites for hydroxylation is 1. The minimum atomic E-state index is -0.817. The number of ether oxygens (including phenoxy) is 2. The summed E-state index contributed by atoms with van der Waals surface area (Å²) in [5.74, 6) is -0.734. The molecule has 1 unspecified atom stereocenters. The van der Waals surface area contributed by atoms with Crippen molar-refractivity contribution in [1.82, 2.24) is 14.8 Å². The van der Waals surface area contributed by atoms with Crippen LogP contribution in [0.25, 0.3) is 6.08 Å². The molecule has 0 radical (unpaired) electrons. The molecule has 3 aliphatic rings. The van der Waals surface area contributed by atoms with Crippen LogP contribution in [0.1, 0.15) is 61.9 Å². The summed E-state index contributed by atoms with van der Waals surface area (Å²) >= 11 is 1.49. The second kappa shape index (κ2) is 11.8. The van der Waals surface area contributed by atoms with Gasteiger partial charge in [0.2, 0.25) is 5.91 Å². The molecule has 208 valence electrons. The molecule has 6 bridgehead atoms. The van der Waals surface area contributed by atoms with Crippen molar-refractivity contribution < 1.29 is 23.9 Å². The SMILES string of the molecule is CCC(C)[C@@H]1Nc2nc(cs2)CCC/C=C\c2cccc3c2CN(C3)C(=O)O[C@@H]2C[C@@H](C(=O)OC)N(C2)C1=O. The number of rotatable bonds is 3. The first kappa shape index (κ1) is 27.2. The standard InChI is InChI=1S/C29H36N4O5S/c1-4-18(2)25-26(34)33-15-22(13-24(33)27(35)37-3)38-29(36)32-14-20-11-8-10-19(23(20)16-32)9-6-5-7-12-21-17-39-28(30-21)31-25/h6,8-11,17-18,22,24-25H,4-5,7,12-16H2,1-3H3,(H,30,31)/b9-6-/t18?,22-,24+,25+/m1/s1. The molecule has 2 amide bonds. The van der Waals surface area contributed by atoms with Crippen molar-refractivity contribution in [2.24, 2.45) is 5.92 Å². The second-order valence-electron chi connectivity index (χ2n) is 10.6. The number of esters is 1. The van der Waals surface area contributed by atoms with Crippen LogP contribution in [-0.4, -0.2) is 64.6 Å². The van der Waals surface area contributed by atoms with Crippen LogP contribution in [0.3, 0.4) is 0 Å². The number of hydrogen-bond acceptors (Lipinski definition) is 8. The number of nitrogens with one attached hydrogen (secondary N) is 1. The lowest BCUT2D eigenvalue weighted by atomic mass is 9.97. The van der Waals surface area contributed by atoms with Gasteiger partial charge in [0.25, 0.3) is 0 Å². The summed E-state index contributed by atoms with van der Waals surface area (Å²) < 4.78 is 10.9. The third-order valence-corrected chi connectivity index (χ3v) is 8.80. The van der Waals surface area contributed by atoms with Crippen molar-refractivity contribution >= 4 is 40.5 Å². The summed E-state index contributed by atoms with van der Waals surface area (Å²) in [4.78, 5) is 47.8. The van der Waals surface area contributed by atoms with E-state index in [4.69, 9.17) is 14.5 Å². The Kier molecular flexibility index (Phi) is 8.20. The molecule has 0 saturated carbocycles. The number of hydrogen-bond donors (Lipinski definition) is 1. The molecule has 10 heteroatoms. The van der Waals surface area contributed by atoms with Gasteiger partial charge in [0, 0.05) is 18.3 Å². The van der Waals surface area contributed by atoms with Crippen LogP contribution in [0.2, 0.25) is 0 Å². The van der Waals surface area contributed by atoms with Gasteiger partial charge in [-0.05, 0) is 41.9 Å². The topological polar surface area (TPSA) is 101 Å². The highest BCUT2D eigenvalue weighted by molar-refractivity contribution is 7.13. The van der Waals surface area contributed by atoms with E-state index in [1.807, 2.05) is 31.4 Å². The molecule has 0 spiro atoms. The maximum absolute atomic E-state index is 13.9. The van der Waals surface area contributed by atoms with Gasteiger partial charge >= 0.3 is 12.1 Å². The minimum Gasteiger partial charge on any atom is -0.467 e. The highest BCUT2D eigenvalue weighted by Crippen LogP contribution is 2.31. The third-order valence-electron chi connectivity index (χ3n) is 7.98. The Hall–Kier alpha value is -3.40. The molecule has 4 atom stereocenters. The molecule has 0 aliphatic carbocycles. The van der Waals surface area contributed by atoms with E-state index in [9.17, 15) is 14.4 Å². The Balaban J connectivity index is 1.45. The molecule has 2 aromatic rings. The lowest BCUT2D eigenvalue weighted by molar-refractivity contribution is -0.151. The summed E-state index contributed by atoms with van der Waals surface area (Å²) in [6, 6.07) is 4.74. The molecule has 9 nitrogen and oxygen atoms in total. The Morgan fingerprint density at radius 2 is 2.15 bits per heavy atom. The first-order valence-electron chi connectivity index (χ1n) is 13.7. The van der Waals surface area contributed by atoms with Crippen LogP contribution in [0.4, 0.5) is 9.93 Å². The largest absolute Gasteiger partial charge is 0.467 e. The molecule has 39 heavy (non-hydrogen) atoms. The first-order chi connectivity index (χ1) is 18.9. The van der Waals surface area contributed by atoms with E-state index in [0.29, 0.717) is 18.2 Å². The molecule has 1 aromatic heterocycles. The zero-order chi connectivity index (χ0) is 27.5. The summed E-state index contributed by atoms with van der Waals surface area (Å²) in [6.07, 6.45) is 6.94. The number of allylic oxidation sites excluding steroid dienone is 1. The van der Waals surface area contributed by atoms with Gasteiger partial charge in [-0.2, -0.15) is 0 Å². The number of anilines is 1. The smallest absolute Gasteiger partial charge is 0.410 e. The van der Waals surface area contributed by atoms with Gasteiger partial charge < -0.3 is 19.7 Å². The monoisotopic (exact) mass is 552 g/mol. The number of nitrogens with zero attached hydrogens (tertiary/aromatic N) is 3. The average Bonchev–Trinajstić information content (AvgIpc) is 3.68. The van der Waals surface area contributed by atoms with Crippen LogP contribution in [0.15, 0.2) is 29.7 Å². The molecular formula is C29H36N4O5S. The summed E-state index contributed by atoms with van der Waals surface area (Å²) in [6.45, 7) is 5.11. The molecule has 1 fully saturated rings. The number of fused-ring (bicyclic) bond motifs is 5. The molecular weight excluding hydrogens is 516 g/mol. The van der Waals surface area contributed by atoms with Crippen molar-refractivity contribution in [1.29, 1.82) is 0 Å². The van der Waals surface area contributed by atoms with E-state index in [-0.39, 0.29) is 24.8 Å². The van der Waals surface area contributed by atoms with Crippen molar-refractivity contribution in [2.75, 3.05) is 19.0 Å². The fraction of sp³-hybridized carbons (Fsp3) is 0.517. The van der Waals surface area contributed by atoms with Crippen LogP contribution in [-0.2, 0) is 38.6 Å². The van der Waals surface area contributed by atoms with E-state index in [1.165, 1.54) is 23.3 Å². The number of carbonyl (C=O) groups excluding carboxylic acids is 3. The van der Waals surface area contributed by atoms with E-state index in [2.05, 4.69) is 23.5 Å². The van der Waals surface area contributed by atoms with E-state index >= 15 is 0 Å². The fourth-order valence-electron chi connectivity index (χ4n) is 5.53. The van der Waals surface area contributed by atoms with Crippen LogP contribution in [0.5, 0.6) is 0 Å². The number of carbonyl (C=O) groups is 3. The highest BCUT2D eigenvalue weighted by Gasteiger charge is 2.45. The number of benzene rings is 1. The normalized spacial score (nSPS) is 25.1. The quantitative estimate of drug-likeness (QED) is 0.555. The van der Waals surface area contributed by atoms with Gasteiger partial charge in [-0.1, -0.05) is 50.6 Å². The van der Waals surface area contributed by atoms with Gasteiger partial charge in [0.1, 0.15) is 18.2 Å². The molecule has 5 rings (SSSR count). The zero-order valence-electron chi connectivity index (χ0n) is 22.7. The fourth-order valence-corrected chi connectivity index (χ4v) is 6.31. The second-order valence-corrected chi connectivity index (χ2v) is 11.4. The van der Waals surface area contributed by atoms with Gasteiger partial charge in [0.15, 0.2) is 5.13 Å². The maximum Gasteiger partial charge on any atom is 0.410 e. The predicted octanol–water partition coefficient (Wildman–Crippen LogP) is 4.61. The number of thiazole rings is 1. The van der Waals surface area contributed by atoms with Gasteiger partial charge in [0.05, 0.1) is 25.9 Å². The Bertz CT molecular complexity index is 1260. The Morgan fingerprint density at radius 3 is 2.95 bits per heavy atom.